The summed E-state index contributed by atoms with van der Waals surface area (Å²) in [6.45, 7) is 2.00. The second-order valence-corrected chi connectivity index (χ2v) is 3.53. The molecular weight excluding hydrogens is 212 g/mol. The molecule has 2 aromatic rings. The smallest absolute Gasteiger partial charge is 0.140 e. The van der Waals surface area contributed by atoms with Crippen LogP contribution in [0.4, 0.5) is 0 Å². The molecule has 0 aliphatic carbocycles. The molecule has 0 saturated carbocycles. The molecule has 3 nitrogen and oxygen atoms in total. The molecule has 78 valence electrons. The van der Waals surface area contributed by atoms with Crippen molar-refractivity contribution in [2.45, 2.75) is 13.3 Å². The molecule has 0 aliphatic heterocycles. The summed E-state index contributed by atoms with van der Waals surface area (Å²) < 4.78 is 5.13. The Balaban J connectivity index is 2.69. The molecule has 15 heavy (non-hydrogen) atoms. The van der Waals surface area contributed by atoms with E-state index in [1.165, 1.54) is 0 Å². The third kappa shape index (κ3) is 1.88. The monoisotopic (exact) mass is 222 g/mol. The average molecular weight is 223 g/mol. The lowest BCUT2D eigenvalue weighted by Crippen LogP contribution is -1.94. The van der Waals surface area contributed by atoms with E-state index in [9.17, 15) is 0 Å². The maximum absolute atomic E-state index is 6.04. The third-order valence-electron chi connectivity index (χ3n) is 2.22. The second-order valence-electron chi connectivity index (χ2n) is 3.17. The van der Waals surface area contributed by atoms with Crippen LogP contribution < -0.4 is 4.74 Å². The van der Waals surface area contributed by atoms with E-state index in [1.54, 1.807) is 7.11 Å². The van der Waals surface area contributed by atoms with Crippen LogP contribution in [0.3, 0.4) is 0 Å². The highest BCUT2D eigenvalue weighted by atomic mass is 35.5. The van der Waals surface area contributed by atoms with Gasteiger partial charge in [0, 0.05) is 17.9 Å². The summed E-state index contributed by atoms with van der Waals surface area (Å²) in [5, 5.41) is 1.36. The van der Waals surface area contributed by atoms with Crippen molar-refractivity contribution in [2.24, 2.45) is 0 Å². The normalized spacial score (nSPS) is 10.6. The van der Waals surface area contributed by atoms with Gasteiger partial charge in [-0.3, -0.25) is 0 Å². The number of aryl methyl sites for hydroxylation is 1. The topological polar surface area (TPSA) is 35.0 Å². The zero-order chi connectivity index (χ0) is 10.8. The van der Waals surface area contributed by atoms with Gasteiger partial charge in [0.25, 0.3) is 0 Å². The molecule has 0 fully saturated rings. The van der Waals surface area contributed by atoms with Gasteiger partial charge in [-0.05, 0) is 12.1 Å². The van der Waals surface area contributed by atoms with Crippen LogP contribution in [0.15, 0.2) is 18.2 Å². The van der Waals surface area contributed by atoms with Crippen LogP contribution in [0.5, 0.6) is 5.75 Å². The van der Waals surface area contributed by atoms with Gasteiger partial charge in [-0.1, -0.05) is 18.5 Å². The van der Waals surface area contributed by atoms with Crippen molar-refractivity contribution in [1.82, 2.24) is 9.97 Å². The van der Waals surface area contributed by atoms with Gasteiger partial charge in [0.15, 0.2) is 0 Å². The van der Waals surface area contributed by atoms with Gasteiger partial charge in [-0.25, -0.2) is 9.97 Å². The number of ether oxygens (including phenoxy) is 1. The summed E-state index contributed by atoms with van der Waals surface area (Å²) in [4.78, 5) is 8.58. The third-order valence-corrected chi connectivity index (χ3v) is 2.51. The van der Waals surface area contributed by atoms with E-state index in [0.29, 0.717) is 5.15 Å². The van der Waals surface area contributed by atoms with E-state index in [1.807, 2.05) is 25.1 Å². The summed E-state index contributed by atoms with van der Waals surface area (Å²) in [5.74, 6) is 1.53. The van der Waals surface area contributed by atoms with Crippen LogP contribution in [-0.4, -0.2) is 17.1 Å². The Hall–Kier alpha value is -1.35. The minimum Gasteiger partial charge on any atom is -0.497 e. The molecule has 0 bridgehead atoms. The quantitative estimate of drug-likeness (QED) is 0.733. The summed E-state index contributed by atoms with van der Waals surface area (Å²) >= 11 is 6.04. The van der Waals surface area contributed by atoms with Crippen molar-refractivity contribution in [3.05, 3.63) is 29.2 Å². The first-order chi connectivity index (χ1) is 7.24. The fourth-order valence-corrected chi connectivity index (χ4v) is 1.66. The van der Waals surface area contributed by atoms with Gasteiger partial charge >= 0.3 is 0 Å². The molecule has 0 spiro atoms. The Morgan fingerprint density at radius 3 is 2.80 bits per heavy atom. The van der Waals surface area contributed by atoms with Gasteiger partial charge < -0.3 is 4.74 Å². The van der Waals surface area contributed by atoms with E-state index >= 15 is 0 Å². The van der Waals surface area contributed by atoms with Crippen LogP contribution in [-0.2, 0) is 6.42 Å². The highest BCUT2D eigenvalue weighted by Crippen LogP contribution is 2.24. The second kappa shape index (κ2) is 4.03. The summed E-state index contributed by atoms with van der Waals surface area (Å²) in [5.41, 5.74) is 0.825. The molecular formula is C11H11ClN2O. The maximum Gasteiger partial charge on any atom is 0.140 e. The first-order valence-electron chi connectivity index (χ1n) is 4.74. The van der Waals surface area contributed by atoms with E-state index in [0.717, 1.165) is 28.9 Å². The number of nitrogens with zero attached hydrogens (tertiary/aromatic N) is 2. The number of aromatic nitrogens is 2. The predicted molar refractivity (Wildman–Crippen MR) is 60.5 cm³/mol. The Morgan fingerprint density at radius 2 is 2.13 bits per heavy atom. The Labute approximate surface area is 93.1 Å². The lowest BCUT2D eigenvalue weighted by molar-refractivity contribution is 0.415. The Bertz CT molecular complexity index is 494. The minimum atomic E-state index is 0.500. The predicted octanol–water partition coefficient (Wildman–Crippen LogP) is 2.85. The van der Waals surface area contributed by atoms with Gasteiger partial charge in [0.2, 0.25) is 0 Å². The van der Waals surface area contributed by atoms with E-state index in [-0.39, 0.29) is 0 Å². The molecule has 0 atom stereocenters. The summed E-state index contributed by atoms with van der Waals surface area (Å²) in [7, 11) is 1.63. The highest BCUT2D eigenvalue weighted by Gasteiger charge is 2.05. The van der Waals surface area contributed by atoms with Crippen molar-refractivity contribution in [3.8, 4) is 5.75 Å². The number of halogens is 1. The van der Waals surface area contributed by atoms with Gasteiger partial charge in [0.05, 0.1) is 12.6 Å². The number of hydrogen-bond donors (Lipinski definition) is 0. The lowest BCUT2D eigenvalue weighted by atomic mass is 10.2. The number of benzene rings is 1. The number of fused-ring (bicyclic) bond motifs is 1. The molecule has 2 rings (SSSR count). The van der Waals surface area contributed by atoms with Crippen LogP contribution in [0.1, 0.15) is 12.7 Å². The van der Waals surface area contributed by atoms with Crippen molar-refractivity contribution >= 4 is 22.5 Å². The lowest BCUT2D eigenvalue weighted by Gasteiger charge is -2.04. The SMILES string of the molecule is CCc1nc(Cl)c2ccc(OC)cc2n1. The molecule has 0 amide bonds. The number of methoxy groups -OCH3 is 1. The largest absolute Gasteiger partial charge is 0.497 e. The van der Waals surface area contributed by atoms with E-state index in [2.05, 4.69) is 9.97 Å². The van der Waals surface area contributed by atoms with Crippen molar-refractivity contribution in [3.63, 3.8) is 0 Å². The van der Waals surface area contributed by atoms with Crippen molar-refractivity contribution in [2.75, 3.05) is 7.11 Å². The van der Waals surface area contributed by atoms with Crippen molar-refractivity contribution < 1.29 is 4.74 Å². The van der Waals surface area contributed by atoms with Crippen LogP contribution in [0, 0.1) is 0 Å². The van der Waals surface area contributed by atoms with Crippen molar-refractivity contribution in [1.29, 1.82) is 0 Å². The number of hydrogen-bond acceptors (Lipinski definition) is 3. The first kappa shape index (κ1) is 10.2. The average Bonchev–Trinajstić information content (AvgIpc) is 2.28. The molecule has 0 N–H and O–H groups in total. The van der Waals surface area contributed by atoms with E-state index < -0.39 is 0 Å². The van der Waals surface area contributed by atoms with Crippen LogP contribution in [0.2, 0.25) is 5.15 Å². The maximum atomic E-state index is 6.04. The van der Waals surface area contributed by atoms with Crippen LogP contribution >= 0.6 is 11.6 Å². The zero-order valence-electron chi connectivity index (χ0n) is 8.62. The molecule has 0 unspecified atom stereocenters. The molecule has 0 radical (unpaired) electrons. The van der Waals surface area contributed by atoms with E-state index in [4.69, 9.17) is 16.3 Å². The zero-order valence-corrected chi connectivity index (χ0v) is 9.38. The Morgan fingerprint density at radius 1 is 1.33 bits per heavy atom. The summed E-state index contributed by atoms with van der Waals surface area (Å²) in [6, 6.07) is 5.58. The fraction of sp³-hybridized carbons (Fsp3) is 0.273. The molecule has 1 heterocycles. The molecule has 1 aromatic carbocycles. The van der Waals surface area contributed by atoms with Gasteiger partial charge in [-0.2, -0.15) is 0 Å². The van der Waals surface area contributed by atoms with Crippen LogP contribution in [0.25, 0.3) is 10.9 Å². The standard InChI is InChI=1S/C11H11ClN2O/c1-3-10-13-9-6-7(15-2)4-5-8(9)11(12)14-10/h4-6H,3H2,1-2H3. The molecule has 1 aromatic heterocycles. The molecule has 0 aliphatic rings. The van der Waals surface area contributed by atoms with Gasteiger partial charge in [0.1, 0.15) is 16.7 Å². The fourth-order valence-electron chi connectivity index (χ4n) is 1.40. The minimum absolute atomic E-state index is 0.500. The molecule has 4 heteroatoms. The molecule has 0 saturated heterocycles. The first-order valence-corrected chi connectivity index (χ1v) is 5.12. The highest BCUT2D eigenvalue weighted by molar-refractivity contribution is 6.34. The van der Waals surface area contributed by atoms with Gasteiger partial charge in [-0.15, -0.1) is 0 Å². The number of rotatable bonds is 2. The summed E-state index contributed by atoms with van der Waals surface area (Å²) in [6.07, 6.45) is 0.771. The Kier molecular flexibility index (Phi) is 2.73.